The zero-order valence-electron chi connectivity index (χ0n) is 16.2. The largest absolute Gasteiger partial charge is 0.455 e. The van der Waals surface area contributed by atoms with Gasteiger partial charge < -0.3 is 15.4 Å². The summed E-state index contributed by atoms with van der Waals surface area (Å²) in [5, 5.41) is 5.32. The number of ether oxygens (including phenoxy) is 1. The van der Waals surface area contributed by atoms with Crippen molar-refractivity contribution in [1.29, 1.82) is 0 Å². The summed E-state index contributed by atoms with van der Waals surface area (Å²) in [6.07, 6.45) is 0. The second-order valence-corrected chi connectivity index (χ2v) is 7.22. The van der Waals surface area contributed by atoms with Gasteiger partial charge in [0.25, 0.3) is 11.8 Å². The zero-order chi connectivity index (χ0) is 20.5. The number of benzene rings is 2. The summed E-state index contributed by atoms with van der Waals surface area (Å²) in [5.41, 5.74) is 3.12. The molecule has 0 heterocycles. The molecule has 28 heavy (non-hydrogen) atoms. The van der Waals surface area contributed by atoms with Crippen molar-refractivity contribution in [2.24, 2.45) is 0 Å². The van der Waals surface area contributed by atoms with Crippen LogP contribution in [-0.4, -0.2) is 36.7 Å². The van der Waals surface area contributed by atoms with Gasteiger partial charge in [-0.15, -0.1) is 11.8 Å². The fraction of sp³-hybridized carbons (Fsp3) is 0.286. The molecule has 0 saturated carbocycles. The highest BCUT2D eigenvalue weighted by molar-refractivity contribution is 8.00. The van der Waals surface area contributed by atoms with E-state index in [1.54, 1.807) is 24.3 Å². The molecule has 2 aromatic carbocycles. The van der Waals surface area contributed by atoms with E-state index in [2.05, 4.69) is 10.6 Å². The van der Waals surface area contributed by atoms with Gasteiger partial charge in [0.2, 0.25) is 0 Å². The predicted octanol–water partition coefficient (Wildman–Crippen LogP) is 3.33. The van der Waals surface area contributed by atoms with Crippen LogP contribution >= 0.6 is 11.8 Å². The Balaban J connectivity index is 1.80. The predicted molar refractivity (Wildman–Crippen MR) is 111 cm³/mol. The second kappa shape index (κ2) is 10.5. The van der Waals surface area contributed by atoms with Gasteiger partial charge in [-0.25, -0.2) is 0 Å². The molecule has 6 nitrogen and oxygen atoms in total. The van der Waals surface area contributed by atoms with Crippen molar-refractivity contribution in [1.82, 2.24) is 5.32 Å². The first-order valence-corrected chi connectivity index (χ1v) is 9.91. The summed E-state index contributed by atoms with van der Waals surface area (Å²) in [5.74, 6) is -1.01. The van der Waals surface area contributed by atoms with Crippen LogP contribution in [-0.2, 0) is 14.3 Å². The van der Waals surface area contributed by atoms with Crippen molar-refractivity contribution in [3.63, 3.8) is 0 Å². The van der Waals surface area contributed by atoms with Gasteiger partial charge in [0.15, 0.2) is 6.61 Å². The van der Waals surface area contributed by atoms with Crippen molar-refractivity contribution >= 4 is 35.2 Å². The van der Waals surface area contributed by atoms with E-state index in [0.717, 1.165) is 16.0 Å². The van der Waals surface area contributed by atoms with Crippen molar-refractivity contribution in [3.8, 4) is 0 Å². The number of amides is 2. The average Bonchev–Trinajstić information content (AvgIpc) is 2.67. The minimum absolute atomic E-state index is 0.129. The van der Waals surface area contributed by atoms with E-state index in [0.29, 0.717) is 17.8 Å². The SMILES string of the molecule is CCNC(=O)c1cccc(NC(=O)COC(=O)CSc2cc(C)ccc2C)c1. The van der Waals surface area contributed by atoms with Gasteiger partial charge in [-0.1, -0.05) is 23.8 Å². The molecule has 0 aliphatic carbocycles. The van der Waals surface area contributed by atoms with Crippen LogP contribution in [0.15, 0.2) is 47.4 Å². The highest BCUT2D eigenvalue weighted by Gasteiger charge is 2.11. The maximum Gasteiger partial charge on any atom is 0.316 e. The number of esters is 1. The number of carbonyl (C=O) groups excluding carboxylic acids is 3. The molecule has 7 heteroatoms. The van der Waals surface area contributed by atoms with Crippen LogP contribution in [0.3, 0.4) is 0 Å². The number of thioether (sulfide) groups is 1. The Bertz CT molecular complexity index is 867. The summed E-state index contributed by atoms with van der Waals surface area (Å²) in [6.45, 7) is 5.95. The molecule has 2 aromatic rings. The summed E-state index contributed by atoms with van der Waals surface area (Å²) in [7, 11) is 0. The van der Waals surface area contributed by atoms with E-state index in [1.165, 1.54) is 11.8 Å². The Morgan fingerprint density at radius 3 is 2.61 bits per heavy atom. The highest BCUT2D eigenvalue weighted by Crippen LogP contribution is 2.23. The summed E-state index contributed by atoms with van der Waals surface area (Å²) in [6, 6.07) is 12.6. The maximum atomic E-state index is 12.0. The Labute approximate surface area is 169 Å². The molecule has 0 atom stereocenters. The van der Waals surface area contributed by atoms with Gasteiger partial charge in [0.1, 0.15) is 0 Å². The first kappa shape index (κ1) is 21.5. The van der Waals surface area contributed by atoms with Gasteiger partial charge in [-0.05, 0) is 50.6 Å². The zero-order valence-corrected chi connectivity index (χ0v) is 17.0. The summed E-state index contributed by atoms with van der Waals surface area (Å²) < 4.78 is 5.03. The van der Waals surface area contributed by atoms with E-state index < -0.39 is 11.9 Å². The third-order valence-corrected chi connectivity index (χ3v) is 4.93. The van der Waals surface area contributed by atoms with Gasteiger partial charge in [0, 0.05) is 22.7 Å². The lowest BCUT2D eigenvalue weighted by molar-refractivity contribution is -0.144. The summed E-state index contributed by atoms with van der Waals surface area (Å²) in [4.78, 5) is 36.8. The van der Waals surface area contributed by atoms with Gasteiger partial charge in [-0.2, -0.15) is 0 Å². The fourth-order valence-corrected chi connectivity index (χ4v) is 3.31. The lowest BCUT2D eigenvalue weighted by atomic mass is 10.2. The Morgan fingerprint density at radius 2 is 1.86 bits per heavy atom. The number of nitrogens with one attached hydrogen (secondary N) is 2. The van der Waals surface area contributed by atoms with Crippen molar-refractivity contribution in [3.05, 3.63) is 59.2 Å². The van der Waals surface area contributed by atoms with Crippen LogP contribution in [0.2, 0.25) is 0 Å². The van der Waals surface area contributed by atoms with Crippen molar-refractivity contribution < 1.29 is 19.1 Å². The number of rotatable bonds is 8. The van der Waals surface area contributed by atoms with E-state index in [9.17, 15) is 14.4 Å². The topological polar surface area (TPSA) is 84.5 Å². The minimum Gasteiger partial charge on any atom is -0.455 e. The quantitative estimate of drug-likeness (QED) is 0.524. The highest BCUT2D eigenvalue weighted by atomic mass is 32.2. The van der Waals surface area contributed by atoms with E-state index in [-0.39, 0.29) is 18.3 Å². The van der Waals surface area contributed by atoms with Crippen LogP contribution in [0.4, 0.5) is 5.69 Å². The molecule has 0 aliphatic rings. The third kappa shape index (κ3) is 6.74. The molecule has 0 radical (unpaired) electrons. The van der Waals surface area contributed by atoms with E-state index in [4.69, 9.17) is 4.74 Å². The molecule has 2 amide bonds. The fourth-order valence-electron chi connectivity index (χ4n) is 2.39. The van der Waals surface area contributed by atoms with Crippen LogP contribution < -0.4 is 10.6 Å². The van der Waals surface area contributed by atoms with Crippen LogP contribution in [0.5, 0.6) is 0 Å². The molecular formula is C21H24N2O4S. The molecule has 0 aliphatic heterocycles. The molecule has 2 N–H and O–H groups in total. The van der Waals surface area contributed by atoms with E-state index in [1.807, 2.05) is 39.0 Å². The maximum absolute atomic E-state index is 12.0. The third-order valence-electron chi connectivity index (χ3n) is 3.80. The van der Waals surface area contributed by atoms with Crippen molar-refractivity contribution in [2.75, 3.05) is 24.2 Å². The molecule has 0 saturated heterocycles. The Hall–Kier alpha value is -2.80. The molecule has 0 spiro atoms. The molecule has 148 valence electrons. The van der Waals surface area contributed by atoms with Gasteiger partial charge >= 0.3 is 5.97 Å². The normalized spacial score (nSPS) is 10.2. The Kier molecular flexibility index (Phi) is 8.07. The first-order chi connectivity index (χ1) is 13.4. The van der Waals surface area contributed by atoms with E-state index >= 15 is 0 Å². The number of aryl methyl sites for hydroxylation is 2. The van der Waals surface area contributed by atoms with Gasteiger partial charge in [0.05, 0.1) is 5.75 Å². The van der Waals surface area contributed by atoms with Gasteiger partial charge in [-0.3, -0.25) is 14.4 Å². The standard InChI is InChI=1S/C21H24N2O4S/c1-4-22-21(26)16-6-5-7-17(11-16)23-19(24)12-27-20(25)13-28-18-10-14(2)8-9-15(18)3/h5-11H,4,12-13H2,1-3H3,(H,22,26)(H,23,24). The first-order valence-electron chi connectivity index (χ1n) is 8.93. The smallest absolute Gasteiger partial charge is 0.316 e. The second-order valence-electron chi connectivity index (χ2n) is 6.21. The van der Waals surface area contributed by atoms with Crippen LogP contribution in [0.25, 0.3) is 0 Å². The molecular weight excluding hydrogens is 376 g/mol. The molecule has 0 bridgehead atoms. The van der Waals surface area contributed by atoms with Crippen molar-refractivity contribution in [2.45, 2.75) is 25.7 Å². The monoisotopic (exact) mass is 400 g/mol. The van der Waals surface area contributed by atoms with Crippen LogP contribution in [0.1, 0.15) is 28.4 Å². The molecule has 0 unspecified atom stereocenters. The summed E-state index contributed by atoms with van der Waals surface area (Å²) >= 11 is 1.38. The molecule has 2 rings (SSSR count). The lowest BCUT2D eigenvalue weighted by Crippen LogP contribution is -2.24. The number of carbonyl (C=O) groups is 3. The average molecular weight is 401 g/mol. The molecule has 0 aromatic heterocycles. The molecule has 0 fully saturated rings. The number of hydrogen-bond donors (Lipinski definition) is 2. The minimum atomic E-state index is -0.461. The van der Waals surface area contributed by atoms with Crippen LogP contribution in [0, 0.1) is 13.8 Å². The Morgan fingerprint density at radius 1 is 1.07 bits per heavy atom. The lowest BCUT2D eigenvalue weighted by Gasteiger charge is -2.09. The number of anilines is 1. The number of hydrogen-bond acceptors (Lipinski definition) is 5.